The molecule has 2 bridgehead atoms. The Labute approximate surface area is 142 Å². The molecule has 3 aliphatic heterocycles. The third-order valence-electron chi connectivity index (χ3n) is 5.40. The van der Waals surface area contributed by atoms with Gasteiger partial charge < -0.3 is 9.80 Å². The Morgan fingerprint density at radius 1 is 0.958 bits per heavy atom. The van der Waals surface area contributed by atoms with E-state index >= 15 is 0 Å². The molecule has 0 radical (unpaired) electrons. The summed E-state index contributed by atoms with van der Waals surface area (Å²) in [6, 6.07) is 5.37. The number of aromatic nitrogens is 4. The zero-order chi connectivity index (χ0) is 16.3. The van der Waals surface area contributed by atoms with Crippen molar-refractivity contribution < 1.29 is 0 Å². The monoisotopic (exact) mass is 322 g/mol. The highest BCUT2D eigenvalue weighted by Crippen LogP contribution is 2.42. The predicted octanol–water partition coefficient (Wildman–Crippen LogP) is 2.23. The van der Waals surface area contributed by atoms with Gasteiger partial charge in [-0.3, -0.25) is 0 Å². The molecule has 24 heavy (non-hydrogen) atoms. The van der Waals surface area contributed by atoms with Crippen LogP contribution in [0.1, 0.15) is 42.4 Å². The summed E-state index contributed by atoms with van der Waals surface area (Å²) in [5.41, 5.74) is 2.27. The molecule has 0 aromatic carbocycles. The van der Waals surface area contributed by atoms with E-state index < -0.39 is 0 Å². The normalized spacial score (nSPS) is 25.6. The Kier molecular flexibility index (Phi) is 3.02. The van der Waals surface area contributed by atoms with Crippen LogP contribution in [0, 0.1) is 13.8 Å². The molecule has 0 amide bonds. The van der Waals surface area contributed by atoms with Crippen molar-refractivity contribution in [1.29, 1.82) is 0 Å². The number of fused-ring (bicyclic) bond motifs is 2. The molecule has 2 aromatic heterocycles. The van der Waals surface area contributed by atoms with Crippen molar-refractivity contribution in [3.8, 4) is 0 Å². The van der Waals surface area contributed by atoms with Crippen LogP contribution in [0.3, 0.4) is 0 Å². The van der Waals surface area contributed by atoms with E-state index in [0.29, 0.717) is 18.0 Å². The van der Waals surface area contributed by atoms with Crippen LogP contribution < -0.4 is 9.80 Å². The van der Waals surface area contributed by atoms with Gasteiger partial charge in [-0.15, -0.1) is 0 Å². The molecule has 6 nitrogen and oxygen atoms in total. The van der Waals surface area contributed by atoms with Crippen LogP contribution in [-0.2, 0) is 0 Å². The highest BCUT2D eigenvalue weighted by Gasteiger charge is 2.46. The van der Waals surface area contributed by atoms with Gasteiger partial charge in [0.05, 0.1) is 12.1 Å². The van der Waals surface area contributed by atoms with Crippen LogP contribution >= 0.6 is 0 Å². The van der Waals surface area contributed by atoms with Gasteiger partial charge in [-0.05, 0) is 33.1 Å². The molecule has 2 aromatic rings. The van der Waals surface area contributed by atoms with Crippen molar-refractivity contribution in [2.45, 2.75) is 51.1 Å². The minimum Gasteiger partial charge on any atom is -0.352 e. The quantitative estimate of drug-likeness (QED) is 0.864. The fourth-order valence-electron chi connectivity index (χ4n) is 4.14. The first kappa shape index (κ1) is 14.1. The van der Waals surface area contributed by atoms with Crippen molar-refractivity contribution in [3.05, 3.63) is 35.7 Å². The first-order chi connectivity index (χ1) is 11.7. The number of piperidine rings is 1. The Hall–Kier alpha value is -2.24. The zero-order valence-corrected chi connectivity index (χ0v) is 14.2. The molecule has 5 heterocycles. The summed E-state index contributed by atoms with van der Waals surface area (Å²) in [5, 5.41) is 0. The predicted molar refractivity (Wildman–Crippen MR) is 92.4 cm³/mol. The molecule has 0 N–H and O–H groups in total. The maximum atomic E-state index is 4.63. The van der Waals surface area contributed by atoms with E-state index in [1.54, 1.807) is 6.33 Å². The molecule has 2 atom stereocenters. The summed E-state index contributed by atoms with van der Waals surface area (Å²) in [4.78, 5) is 22.9. The minimum atomic E-state index is 0.529. The van der Waals surface area contributed by atoms with Gasteiger partial charge in [0.1, 0.15) is 23.8 Å². The number of hydrogen-bond acceptors (Lipinski definition) is 6. The van der Waals surface area contributed by atoms with Gasteiger partial charge in [-0.25, -0.2) is 19.9 Å². The summed E-state index contributed by atoms with van der Waals surface area (Å²) >= 11 is 0. The molecule has 3 saturated heterocycles. The fourth-order valence-corrected chi connectivity index (χ4v) is 4.14. The van der Waals surface area contributed by atoms with Gasteiger partial charge in [0, 0.05) is 42.5 Å². The smallest absolute Gasteiger partial charge is 0.132 e. The van der Waals surface area contributed by atoms with Crippen LogP contribution in [0.15, 0.2) is 18.5 Å². The van der Waals surface area contributed by atoms with Crippen molar-refractivity contribution >= 4 is 11.6 Å². The maximum Gasteiger partial charge on any atom is 0.132 e. The van der Waals surface area contributed by atoms with E-state index in [1.807, 2.05) is 13.8 Å². The highest BCUT2D eigenvalue weighted by atomic mass is 15.4. The molecule has 0 spiro atoms. The molecule has 1 aliphatic carbocycles. The second kappa shape index (κ2) is 5.13. The lowest BCUT2D eigenvalue weighted by Gasteiger charge is -2.57. The molecule has 2 unspecified atom stereocenters. The molecule has 6 rings (SSSR count). The SMILES string of the molecule is Cc1cc(N2CC3CC(C2)N3c2cc(C3CC3)ncn2)nc(C)n1. The second-order valence-electron chi connectivity index (χ2n) is 7.35. The van der Waals surface area contributed by atoms with Crippen molar-refractivity contribution in [1.82, 2.24) is 19.9 Å². The van der Waals surface area contributed by atoms with Crippen LogP contribution in [0.4, 0.5) is 11.6 Å². The van der Waals surface area contributed by atoms with Gasteiger partial charge in [0.2, 0.25) is 0 Å². The van der Waals surface area contributed by atoms with Crippen LogP contribution in [0.5, 0.6) is 0 Å². The molecule has 124 valence electrons. The number of rotatable bonds is 3. The third kappa shape index (κ3) is 2.32. The second-order valence-corrected chi connectivity index (χ2v) is 7.35. The zero-order valence-electron chi connectivity index (χ0n) is 14.2. The summed E-state index contributed by atoms with van der Waals surface area (Å²) in [5.74, 6) is 3.71. The average Bonchev–Trinajstić information content (AvgIpc) is 3.39. The van der Waals surface area contributed by atoms with Crippen LogP contribution in [-0.4, -0.2) is 45.1 Å². The van der Waals surface area contributed by atoms with Gasteiger partial charge in [0.15, 0.2) is 0 Å². The number of aryl methyl sites for hydroxylation is 2. The molecule has 4 aliphatic rings. The van der Waals surface area contributed by atoms with Crippen molar-refractivity contribution in [2.24, 2.45) is 0 Å². The largest absolute Gasteiger partial charge is 0.352 e. The lowest BCUT2D eigenvalue weighted by Crippen LogP contribution is -2.69. The minimum absolute atomic E-state index is 0.529. The fraction of sp³-hybridized carbons (Fsp3) is 0.556. The summed E-state index contributed by atoms with van der Waals surface area (Å²) in [6.07, 6.45) is 5.56. The molecule has 4 fully saturated rings. The van der Waals surface area contributed by atoms with E-state index in [-0.39, 0.29) is 0 Å². The lowest BCUT2D eigenvalue weighted by molar-refractivity contribution is 0.287. The molecular formula is C18H22N6. The Morgan fingerprint density at radius 2 is 1.75 bits per heavy atom. The summed E-state index contributed by atoms with van der Waals surface area (Å²) in [7, 11) is 0. The molecular weight excluding hydrogens is 300 g/mol. The average molecular weight is 322 g/mol. The van der Waals surface area contributed by atoms with Crippen molar-refractivity contribution in [3.63, 3.8) is 0 Å². The van der Waals surface area contributed by atoms with E-state index in [4.69, 9.17) is 0 Å². The lowest BCUT2D eigenvalue weighted by atomic mass is 9.87. The van der Waals surface area contributed by atoms with E-state index in [1.165, 1.54) is 25.0 Å². The number of nitrogens with zero attached hydrogens (tertiary/aromatic N) is 6. The molecule has 6 heteroatoms. The van der Waals surface area contributed by atoms with Crippen molar-refractivity contribution in [2.75, 3.05) is 22.9 Å². The standard InChI is InChI=1S/C18H22N6/c1-11-5-18(22-12(2)21-11)23-8-14-6-15(9-23)24(14)17-7-16(13-3-4-13)19-10-20-17/h5,7,10,13-15H,3-4,6,8-9H2,1-2H3. The van der Waals surface area contributed by atoms with E-state index in [2.05, 4.69) is 41.9 Å². The van der Waals surface area contributed by atoms with Gasteiger partial charge in [-0.1, -0.05) is 0 Å². The Morgan fingerprint density at radius 3 is 2.46 bits per heavy atom. The first-order valence-corrected chi connectivity index (χ1v) is 8.85. The van der Waals surface area contributed by atoms with E-state index in [9.17, 15) is 0 Å². The van der Waals surface area contributed by atoms with E-state index in [0.717, 1.165) is 36.2 Å². The van der Waals surface area contributed by atoms with Crippen LogP contribution in [0.25, 0.3) is 0 Å². The first-order valence-electron chi connectivity index (χ1n) is 8.85. The molecule has 1 saturated carbocycles. The summed E-state index contributed by atoms with van der Waals surface area (Å²) < 4.78 is 0. The number of hydrogen-bond donors (Lipinski definition) is 0. The van der Waals surface area contributed by atoms with Gasteiger partial charge >= 0.3 is 0 Å². The number of piperazine rings is 1. The Balaban J connectivity index is 1.36. The highest BCUT2D eigenvalue weighted by molar-refractivity contribution is 5.52. The number of anilines is 2. The van der Waals surface area contributed by atoms with Crippen LogP contribution in [0.2, 0.25) is 0 Å². The maximum absolute atomic E-state index is 4.63. The topological polar surface area (TPSA) is 58.0 Å². The summed E-state index contributed by atoms with van der Waals surface area (Å²) in [6.45, 7) is 6.02. The Bertz CT molecular complexity index is 755. The van der Waals surface area contributed by atoms with Gasteiger partial charge in [-0.2, -0.15) is 0 Å². The van der Waals surface area contributed by atoms with Gasteiger partial charge in [0.25, 0.3) is 0 Å². The third-order valence-corrected chi connectivity index (χ3v) is 5.40.